The van der Waals surface area contributed by atoms with Crippen molar-refractivity contribution in [2.45, 2.75) is 19.8 Å². The van der Waals surface area contributed by atoms with Crippen LogP contribution in [-0.2, 0) is 6.42 Å². The monoisotopic (exact) mass is 359 g/mol. The van der Waals surface area contributed by atoms with E-state index >= 15 is 0 Å². The van der Waals surface area contributed by atoms with Crippen LogP contribution in [-0.4, -0.2) is 59.9 Å². The van der Waals surface area contributed by atoms with Gasteiger partial charge in [0.15, 0.2) is 0 Å². The highest BCUT2D eigenvalue weighted by Crippen LogP contribution is 2.16. The minimum Gasteiger partial charge on any atom is -0.352 e. The van der Waals surface area contributed by atoms with Gasteiger partial charge < -0.3 is 15.5 Å². The van der Waals surface area contributed by atoms with Gasteiger partial charge in [0, 0.05) is 32.7 Å². The first-order valence-corrected chi connectivity index (χ1v) is 9.23. The van der Waals surface area contributed by atoms with Crippen molar-refractivity contribution in [2.24, 2.45) is 0 Å². The van der Waals surface area contributed by atoms with Crippen LogP contribution < -0.4 is 10.6 Å². The summed E-state index contributed by atoms with van der Waals surface area (Å²) < 4.78 is 14.8. The van der Waals surface area contributed by atoms with Crippen molar-refractivity contribution in [3.8, 4) is 5.69 Å². The van der Waals surface area contributed by atoms with E-state index in [0.717, 1.165) is 50.5 Å². The highest BCUT2D eigenvalue weighted by atomic mass is 19.1. The molecule has 140 valence electrons. The van der Waals surface area contributed by atoms with Crippen molar-refractivity contribution < 1.29 is 9.18 Å². The first kappa shape index (κ1) is 18.5. The number of rotatable bonds is 7. The molecule has 26 heavy (non-hydrogen) atoms. The number of nitrogens with zero attached hydrogens (tertiary/aromatic N) is 3. The molecule has 1 fully saturated rings. The summed E-state index contributed by atoms with van der Waals surface area (Å²) in [6.07, 6.45) is 3.19. The molecule has 2 N–H and O–H groups in total. The Hall–Kier alpha value is -2.25. The fourth-order valence-electron chi connectivity index (χ4n) is 3.24. The lowest BCUT2D eigenvalue weighted by Gasteiger charge is -2.27. The molecule has 6 nitrogen and oxygen atoms in total. The van der Waals surface area contributed by atoms with E-state index in [9.17, 15) is 9.18 Å². The molecule has 0 unspecified atom stereocenters. The van der Waals surface area contributed by atoms with Gasteiger partial charge in [-0.15, -0.1) is 0 Å². The summed E-state index contributed by atoms with van der Waals surface area (Å²) in [5.74, 6) is -0.392. The lowest BCUT2D eigenvalue weighted by molar-refractivity contribution is 0.0950. The molecule has 0 saturated carbocycles. The first-order valence-electron chi connectivity index (χ1n) is 9.23. The van der Waals surface area contributed by atoms with Crippen LogP contribution in [0.3, 0.4) is 0 Å². The summed E-state index contributed by atoms with van der Waals surface area (Å²) in [4.78, 5) is 14.9. The molecule has 2 aromatic rings. The van der Waals surface area contributed by atoms with Crippen LogP contribution in [0.1, 0.15) is 29.4 Å². The van der Waals surface area contributed by atoms with Crippen molar-refractivity contribution in [3.63, 3.8) is 0 Å². The number of carbonyl (C=O) groups is 1. The van der Waals surface area contributed by atoms with Crippen molar-refractivity contribution in [3.05, 3.63) is 47.5 Å². The molecule has 1 amide bonds. The molecule has 1 aromatic heterocycles. The summed E-state index contributed by atoms with van der Waals surface area (Å²) in [7, 11) is 0. The van der Waals surface area contributed by atoms with E-state index < -0.39 is 0 Å². The van der Waals surface area contributed by atoms with Crippen LogP contribution in [0.25, 0.3) is 5.69 Å². The average molecular weight is 359 g/mol. The number of halogens is 1. The van der Waals surface area contributed by atoms with Gasteiger partial charge in [-0.05, 0) is 43.7 Å². The summed E-state index contributed by atoms with van der Waals surface area (Å²) >= 11 is 0. The maximum Gasteiger partial charge on any atom is 0.254 e. The average Bonchev–Trinajstić information content (AvgIpc) is 3.10. The number of benzene rings is 1. The zero-order valence-corrected chi connectivity index (χ0v) is 15.2. The molecule has 0 atom stereocenters. The van der Waals surface area contributed by atoms with E-state index in [-0.39, 0.29) is 11.7 Å². The Balaban J connectivity index is 1.57. The third kappa shape index (κ3) is 4.47. The van der Waals surface area contributed by atoms with Crippen LogP contribution in [0.2, 0.25) is 0 Å². The molecule has 1 aliphatic rings. The quantitative estimate of drug-likeness (QED) is 0.737. The number of amides is 1. The molecular formula is C19H26FN5O. The Morgan fingerprint density at radius 1 is 1.27 bits per heavy atom. The molecule has 3 rings (SSSR count). The Morgan fingerprint density at radius 2 is 2.00 bits per heavy atom. The second-order valence-corrected chi connectivity index (χ2v) is 6.45. The Kier molecular flexibility index (Phi) is 6.35. The normalized spacial score (nSPS) is 15.2. The molecule has 2 heterocycles. The zero-order chi connectivity index (χ0) is 18.4. The molecule has 0 bridgehead atoms. The number of nitrogens with one attached hydrogen (secondary N) is 2. The summed E-state index contributed by atoms with van der Waals surface area (Å²) in [5, 5.41) is 10.7. The van der Waals surface area contributed by atoms with Gasteiger partial charge in [0.1, 0.15) is 5.82 Å². The van der Waals surface area contributed by atoms with Crippen LogP contribution >= 0.6 is 0 Å². The van der Waals surface area contributed by atoms with Crippen molar-refractivity contribution in [1.82, 2.24) is 25.3 Å². The van der Waals surface area contributed by atoms with Crippen molar-refractivity contribution in [1.29, 1.82) is 0 Å². The maximum atomic E-state index is 13.1. The van der Waals surface area contributed by atoms with Crippen molar-refractivity contribution >= 4 is 5.91 Å². The highest BCUT2D eigenvalue weighted by molar-refractivity contribution is 5.95. The fraction of sp³-hybridized carbons (Fsp3) is 0.474. The maximum absolute atomic E-state index is 13.1. The molecular weight excluding hydrogens is 333 g/mol. The number of carbonyl (C=O) groups excluding carboxylic acids is 1. The number of hydrogen-bond acceptors (Lipinski definition) is 4. The van der Waals surface area contributed by atoms with Gasteiger partial charge in [-0.2, -0.15) is 5.10 Å². The Labute approximate surface area is 153 Å². The first-order chi connectivity index (χ1) is 12.7. The molecule has 0 aliphatic carbocycles. The van der Waals surface area contributed by atoms with E-state index in [1.807, 2.05) is 6.92 Å². The minimum atomic E-state index is -0.290. The molecule has 1 saturated heterocycles. The van der Waals surface area contributed by atoms with Gasteiger partial charge >= 0.3 is 0 Å². The van der Waals surface area contributed by atoms with E-state index in [1.165, 1.54) is 12.1 Å². The number of piperazine rings is 1. The Bertz CT molecular complexity index is 722. The zero-order valence-electron chi connectivity index (χ0n) is 15.2. The summed E-state index contributed by atoms with van der Waals surface area (Å²) in [5.41, 5.74) is 2.16. The lowest BCUT2D eigenvalue weighted by Crippen LogP contribution is -2.44. The van der Waals surface area contributed by atoms with Crippen LogP contribution in [0.5, 0.6) is 0 Å². The van der Waals surface area contributed by atoms with Crippen LogP contribution in [0, 0.1) is 5.82 Å². The predicted octanol–water partition coefficient (Wildman–Crippen LogP) is 1.60. The SMILES string of the molecule is CCc1c(C(=O)NCCCN2CCNCC2)cnn1-c1ccc(F)cc1. The smallest absolute Gasteiger partial charge is 0.254 e. The van der Waals surface area contributed by atoms with Crippen molar-refractivity contribution in [2.75, 3.05) is 39.3 Å². The standard InChI is InChI=1S/C19H26FN5O/c1-2-18-17(14-23-25(18)16-6-4-15(20)5-7-16)19(26)22-8-3-11-24-12-9-21-10-13-24/h4-7,14,21H,2-3,8-13H2,1H3,(H,22,26). The molecule has 1 aliphatic heterocycles. The summed E-state index contributed by atoms with van der Waals surface area (Å²) in [6.45, 7) is 7.84. The largest absolute Gasteiger partial charge is 0.352 e. The highest BCUT2D eigenvalue weighted by Gasteiger charge is 2.17. The number of hydrogen-bond donors (Lipinski definition) is 2. The third-order valence-corrected chi connectivity index (χ3v) is 4.67. The van der Waals surface area contributed by atoms with Gasteiger partial charge in [0.05, 0.1) is 23.1 Å². The topological polar surface area (TPSA) is 62.2 Å². The predicted molar refractivity (Wildman–Crippen MR) is 99.2 cm³/mol. The molecule has 0 radical (unpaired) electrons. The second kappa shape index (κ2) is 8.91. The van der Waals surface area contributed by atoms with Crippen LogP contribution in [0.4, 0.5) is 4.39 Å². The van der Waals surface area contributed by atoms with Gasteiger partial charge in [-0.3, -0.25) is 4.79 Å². The lowest BCUT2D eigenvalue weighted by atomic mass is 10.2. The van der Waals surface area contributed by atoms with Gasteiger partial charge in [-0.1, -0.05) is 6.92 Å². The van der Waals surface area contributed by atoms with Gasteiger partial charge in [-0.25, -0.2) is 9.07 Å². The van der Waals surface area contributed by atoms with E-state index in [0.29, 0.717) is 18.5 Å². The molecule has 7 heteroatoms. The second-order valence-electron chi connectivity index (χ2n) is 6.45. The number of aromatic nitrogens is 2. The third-order valence-electron chi connectivity index (χ3n) is 4.67. The molecule has 1 aromatic carbocycles. The van der Waals surface area contributed by atoms with Gasteiger partial charge in [0.25, 0.3) is 5.91 Å². The van der Waals surface area contributed by atoms with Gasteiger partial charge in [0.2, 0.25) is 0 Å². The summed E-state index contributed by atoms with van der Waals surface area (Å²) in [6, 6.07) is 6.12. The van der Waals surface area contributed by atoms with E-state index in [4.69, 9.17) is 0 Å². The Morgan fingerprint density at radius 3 is 2.69 bits per heavy atom. The van der Waals surface area contributed by atoms with E-state index in [2.05, 4.69) is 20.6 Å². The molecule has 0 spiro atoms. The minimum absolute atomic E-state index is 0.101. The van der Waals surface area contributed by atoms with E-state index in [1.54, 1.807) is 23.0 Å². The fourth-order valence-corrected chi connectivity index (χ4v) is 3.24. The van der Waals surface area contributed by atoms with Crippen LogP contribution in [0.15, 0.2) is 30.5 Å².